The highest BCUT2D eigenvalue weighted by Gasteiger charge is 2.29. The van der Waals surface area contributed by atoms with Crippen LogP contribution in [0.5, 0.6) is 0 Å². The fourth-order valence-electron chi connectivity index (χ4n) is 2.37. The number of rotatable bonds is 3. The van der Waals surface area contributed by atoms with Gasteiger partial charge in [-0.25, -0.2) is 14.2 Å². The lowest BCUT2D eigenvalue weighted by molar-refractivity contribution is 0.142. The van der Waals surface area contributed by atoms with Gasteiger partial charge in [-0.2, -0.15) is 0 Å². The molecule has 1 aromatic heterocycles. The van der Waals surface area contributed by atoms with E-state index in [1.165, 1.54) is 12.1 Å². The van der Waals surface area contributed by atoms with Gasteiger partial charge in [0.15, 0.2) is 0 Å². The van der Waals surface area contributed by atoms with E-state index in [1.807, 2.05) is 0 Å². The van der Waals surface area contributed by atoms with Crippen molar-refractivity contribution in [1.82, 2.24) is 9.88 Å². The number of aliphatic hydroxyl groups is 1. The highest BCUT2D eigenvalue weighted by molar-refractivity contribution is 5.88. The minimum absolute atomic E-state index is 0.0560. The third-order valence-corrected chi connectivity index (χ3v) is 3.21. The topological polar surface area (TPSA) is 65.5 Å². The molecule has 2 atom stereocenters. The Morgan fingerprint density at radius 2 is 2.47 bits per heavy atom. The smallest absolute Gasteiger partial charge is 0.323 e. The Bertz CT molecular complexity index is 436. The summed E-state index contributed by atoms with van der Waals surface area (Å²) in [6, 6.07) is 2.48. The van der Waals surface area contributed by atoms with Gasteiger partial charge in [-0.1, -0.05) is 0 Å². The van der Waals surface area contributed by atoms with Gasteiger partial charge < -0.3 is 10.0 Å². The molecule has 0 spiro atoms. The first-order valence-electron chi connectivity index (χ1n) is 6.43. The van der Waals surface area contributed by atoms with Gasteiger partial charge in [-0.3, -0.25) is 5.32 Å². The lowest BCUT2D eigenvalue weighted by Crippen LogP contribution is -2.40. The summed E-state index contributed by atoms with van der Waals surface area (Å²) in [6.07, 6.45) is 3.04. The molecule has 0 aromatic carbocycles. The average molecular weight is 267 g/mol. The van der Waals surface area contributed by atoms with Crippen molar-refractivity contribution in [3.05, 3.63) is 24.1 Å². The molecule has 2 amide bonds. The van der Waals surface area contributed by atoms with Crippen LogP contribution in [-0.4, -0.2) is 39.7 Å². The molecule has 2 N–H and O–H groups in total. The number of pyridine rings is 1. The van der Waals surface area contributed by atoms with Gasteiger partial charge in [-0.15, -0.1) is 0 Å². The van der Waals surface area contributed by atoms with E-state index >= 15 is 0 Å². The standard InChI is InChI=1S/C13H18FN3O2/c1-9(18)7-11-3-2-6-17(11)13(19)16-12-5-4-10(14)8-15-12/h4-5,8-9,11,18H,2-3,6-7H2,1H3,(H,15,16,19). The van der Waals surface area contributed by atoms with E-state index in [-0.39, 0.29) is 12.1 Å². The number of halogens is 1. The molecule has 0 radical (unpaired) electrons. The van der Waals surface area contributed by atoms with Crippen LogP contribution in [0, 0.1) is 5.82 Å². The molecule has 1 aromatic rings. The summed E-state index contributed by atoms with van der Waals surface area (Å²) in [5.41, 5.74) is 0. The molecule has 0 bridgehead atoms. The van der Waals surface area contributed by atoms with Crippen LogP contribution in [0.15, 0.2) is 18.3 Å². The van der Waals surface area contributed by atoms with Gasteiger partial charge in [-0.05, 0) is 38.3 Å². The van der Waals surface area contributed by atoms with Crippen molar-refractivity contribution in [2.24, 2.45) is 0 Å². The number of aliphatic hydroxyl groups excluding tert-OH is 1. The van der Waals surface area contributed by atoms with E-state index < -0.39 is 11.9 Å². The molecule has 0 saturated carbocycles. The SMILES string of the molecule is CC(O)CC1CCCN1C(=O)Nc1ccc(F)cn1. The number of amides is 2. The van der Waals surface area contributed by atoms with E-state index in [0.717, 1.165) is 19.0 Å². The average Bonchev–Trinajstić information content (AvgIpc) is 2.79. The van der Waals surface area contributed by atoms with Crippen LogP contribution in [0.4, 0.5) is 15.0 Å². The third-order valence-electron chi connectivity index (χ3n) is 3.21. The zero-order valence-electron chi connectivity index (χ0n) is 10.8. The zero-order chi connectivity index (χ0) is 13.8. The number of carbonyl (C=O) groups excluding carboxylic acids is 1. The number of aromatic nitrogens is 1. The van der Waals surface area contributed by atoms with Crippen molar-refractivity contribution in [3.8, 4) is 0 Å². The van der Waals surface area contributed by atoms with Gasteiger partial charge in [0.25, 0.3) is 0 Å². The number of nitrogens with zero attached hydrogens (tertiary/aromatic N) is 2. The highest BCUT2D eigenvalue weighted by Crippen LogP contribution is 2.22. The summed E-state index contributed by atoms with van der Waals surface area (Å²) in [5.74, 6) is -0.111. The molecule has 2 heterocycles. The molecular formula is C13H18FN3O2. The van der Waals surface area contributed by atoms with Gasteiger partial charge in [0, 0.05) is 12.6 Å². The second-order valence-electron chi connectivity index (χ2n) is 4.87. The Balaban J connectivity index is 1.97. The molecule has 0 aliphatic carbocycles. The lowest BCUT2D eigenvalue weighted by atomic mass is 10.1. The van der Waals surface area contributed by atoms with Crippen molar-refractivity contribution in [1.29, 1.82) is 0 Å². The number of nitrogens with one attached hydrogen (secondary N) is 1. The molecule has 1 fully saturated rings. The monoisotopic (exact) mass is 267 g/mol. The molecular weight excluding hydrogens is 249 g/mol. The minimum atomic E-state index is -0.439. The minimum Gasteiger partial charge on any atom is -0.393 e. The fraction of sp³-hybridized carbons (Fsp3) is 0.538. The van der Waals surface area contributed by atoms with Gasteiger partial charge in [0.2, 0.25) is 0 Å². The van der Waals surface area contributed by atoms with E-state index in [4.69, 9.17) is 0 Å². The predicted octanol–water partition coefficient (Wildman–Crippen LogP) is 1.99. The van der Waals surface area contributed by atoms with Crippen molar-refractivity contribution < 1.29 is 14.3 Å². The maximum atomic E-state index is 12.7. The second kappa shape index (κ2) is 5.97. The first kappa shape index (κ1) is 13.7. The van der Waals surface area contributed by atoms with Gasteiger partial charge >= 0.3 is 6.03 Å². The van der Waals surface area contributed by atoms with Crippen LogP contribution in [0.1, 0.15) is 26.2 Å². The number of anilines is 1. The molecule has 5 nitrogen and oxygen atoms in total. The van der Waals surface area contributed by atoms with Gasteiger partial charge in [0.05, 0.1) is 12.3 Å². The molecule has 19 heavy (non-hydrogen) atoms. The number of carbonyl (C=O) groups is 1. The molecule has 6 heteroatoms. The van der Waals surface area contributed by atoms with Crippen LogP contribution < -0.4 is 5.32 Å². The largest absolute Gasteiger partial charge is 0.393 e. The van der Waals surface area contributed by atoms with E-state index in [0.29, 0.717) is 18.8 Å². The molecule has 2 rings (SSSR count). The molecule has 1 aliphatic heterocycles. The van der Waals surface area contributed by atoms with E-state index in [1.54, 1.807) is 11.8 Å². The third kappa shape index (κ3) is 3.64. The van der Waals surface area contributed by atoms with E-state index in [9.17, 15) is 14.3 Å². The van der Waals surface area contributed by atoms with Crippen molar-refractivity contribution in [2.75, 3.05) is 11.9 Å². The second-order valence-corrected chi connectivity index (χ2v) is 4.87. The Hall–Kier alpha value is -1.69. The first-order chi connectivity index (χ1) is 9.06. The number of hydrogen-bond donors (Lipinski definition) is 2. The van der Waals surface area contributed by atoms with Crippen molar-refractivity contribution in [3.63, 3.8) is 0 Å². The van der Waals surface area contributed by atoms with Crippen molar-refractivity contribution >= 4 is 11.8 Å². The normalized spacial score (nSPS) is 20.4. The molecule has 1 aliphatic rings. The lowest BCUT2D eigenvalue weighted by Gasteiger charge is -2.25. The Labute approximate surface area is 111 Å². The van der Waals surface area contributed by atoms with Crippen LogP contribution >= 0.6 is 0 Å². The van der Waals surface area contributed by atoms with Crippen LogP contribution in [0.3, 0.4) is 0 Å². The fourth-order valence-corrected chi connectivity index (χ4v) is 2.37. The molecule has 1 saturated heterocycles. The summed E-state index contributed by atoms with van der Waals surface area (Å²) in [7, 11) is 0. The number of urea groups is 1. The molecule has 104 valence electrons. The van der Waals surface area contributed by atoms with Crippen LogP contribution in [-0.2, 0) is 0 Å². The summed E-state index contributed by atoms with van der Waals surface area (Å²) in [4.78, 5) is 17.6. The number of hydrogen-bond acceptors (Lipinski definition) is 3. The quantitative estimate of drug-likeness (QED) is 0.880. The summed E-state index contributed by atoms with van der Waals surface area (Å²) in [5, 5.41) is 12.1. The summed E-state index contributed by atoms with van der Waals surface area (Å²) < 4.78 is 12.7. The van der Waals surface area contributed by atoms with Crippen LogP contribution in [0.2, 0.25) is 0 Å². The highest BCUT2D eigenvalue weighted by atomic mass is 19.1. The maximum Gasteiger partial charge on any atom is 0.323 e. The van der Waals surface area contributed by atoms with Crippen LogP contribution in [0.25, 0.3) is 0 Å². The Kier molecular flexibility index (Phi) is 4.31. The first-order valence-corrected chi connectivity index (χ1v) is 6.43. The van der Waals surface area contributed by atoms with Crippen molar-refractivity contribution in [2.45, 2.75) is 38.3 Å². The Morgan fingerprint density at radius 1 is 1.68 bits per heavy atom. The predicted molar refractivity (Wildman–Crippen MR) is 69.2 cm³/mol. The van der Waals surface area contributed by atoms with E-state index in [2.05, 4.69) is 10.3 Å². The zero-order valence-corrected chi connectivity index (χ0v) is 10.8. The summed E-state index contributed by atoms with van der Waals surface area (Å²) >= 11 is 0. The summed E-state index contributed by atoms with van der Waals surface area (Å²) in [6.45, 7) is 2.39. The number of likely N-dealkylation sites (tertiary alicyclic amines) is 1. The Morgan fingerprint density at radius 3 is 3.11 bits per heavy atom. The van der Waals surface area contributed by atoms with Gasteiger partial charge in [0.1, 0.15) is 11.6 Å². The molecule has 2 unspecified atom stereocenters. The maximum absolute atomic E-state index is 12.7.